The molecule has 4 nitrogen and oxygen atoms in total. The number of rotatable bonds is 8. The van der Waals surface area contributed by atoms with Gasteiger partial charge in [0.2, 0.25) is 0 Å². The van der Waals surface area contributed by atoms with E-state index in [0.717, 1.165) is 43.1 Å². The molecule has 1 saturated heterocycles. The number of piperazine rings is 1. The van der Waals surface area contributed by atoms with Crippen LogP contribution in [-0.4, -0.2) is 42.2 Å². The molecule has 1 aromatic rings. The highest BCUT2D eigenvalue weighted by Gasteiger charge is 2.17. The molecule has 1 heterocycles. The lowest BCUT2D eigenvalue weighted by Gasteiger charge is -2.37. The van der Waals surface area contributed by atoms with Gasteiger partial charge in [0.05, 0.1) is 6.42 Å². The summed E-state index contributed by atoms with van der Waals surface area (Å²) in [7, 11) is 0. The molecule has 0 unspecified atom stereocenters. The van der Waals surface area contributed by atoms with Crippen LogP contribution in [0, 0.1) is 5.92 Å². The first kappa shape index (κ1) is 19.1. The van der Waals surface area contributed by atoms with Crippen molar-refractivity contribution in [2.75, 3.05) is 31.1 Å². The Bertz CT molecular complexity index is 595. The molecule has 1 aliphatic heterocycles. The van der Waals surface area contributed by atoms with Crippen molar-refractivity contribution >= 4 is 11.7 Å². The van der Waals surface area contributed by atoms with Gasteiger partial charge in [0.1, 0.15) is 0 Å². The van der Waals surface area contributed by atoms with E-state index in [4.69, 9.17) is 5.11 Å². The van der Waals surface area contributed by atoms with Gasteiger partial charge in [-0.15, -0.1) is 0 Å². The van der Waals surface area contributed by atoms with E-state index in [1.54, 1.807) is 0 Å². The van der Waals surface area contributed by atoms with Crippen LogP contribution < -0.4 is 4.90 Å². The molecular weight excluding hydrogens is 312 g/mol. The summed E-state index contributed by atoms with van der Waals surface area (Å²) in [4.78, 5) is 15.4. The third-order valence-electron chi connectivity index (χ3n) is 4.95. The number of carboxylic acids is 1. The Morgan fingerprint density at radius 1 is 1.16 bits per heavy atom. The van der Waals surface area contributed by atoms with Crippen LogP contribution in [0.1, 0.15) is 32.3 Å². The first-order chi connectivity index (χ1) is 12.0. The second-order valence-electron chi connectivity index (χ2n) is 6.64. The third kappa shape index (κ3) is 5.66. The number of benzene rings is 1. The van der Waals surface area contributed by atoms with Gasteiger partial charge in [-0.2, -0.15) is 0 Å². The topological polar surface area (TPSA) is 43.8 Å². The van der Waals surface area contributed by atoms with Gasteiger partial charge in [0.15, 0.2) is 0 Å². The summed E-state index contributed by atoms with van der Waals surface area (Å²) in [6, 6.07) is 7.87. The standard InChI is InChI=1S/C21H30N2O2/c1-4-18(5-2)7-6-17(3)22-12-14-23(15-13-22)20-10-8-19(9-11-20)16-21(24)25/h6-11,18H,3-5,12-16H2,1-2H3,(H,24,25)/b7-6-. The number of carbonyl (C=O) groups is 1. The van der Waals surface area contributed by atoms with Crippen LogP contribution in [0.5, 0.6) is 0 Å². The molecule has 136 valence electrons. The second kappa shape index (κ2) is 9.30. The van der Waals surface area contributed by atoms with Crippen LogP contribution in [0.2, 0.25) is 0 Å². The van der Waals surface area contributed by atoms with Gasteiger partial charge in [0, 0.05) is 37.6 Å². The Balaban J connectivity index is 1.86. The van der Waals surface area contributed by atoms with Crippen LogP contribution >= 0.6 is 0 Å². The molecule has 1 fully saturated rings. The first-order valence-electron chi connectivity index (χ1n) is 9.21. The summed E-state index contributed by atoms with van der Waals surface area (Å²) >= 11 is 0. The fourth-order valence-corrected chi connectivity index (χ4v) is 3.16. The molecule has 0 bridgehead atoms. The lowest BCUT2D eigenvalue weighted by atomic mass is 10.0. The number of allylic oxidation sites excluding steroid dienone is 2. The van der Waals surface area contributed by atoms with Crippen molar-refractivity contribution in [1.29, 1.82) is 0 Å². The van der Waals surface area contributed by atoms with Gasteiger partial charge in [0.25, 0.3) is 0 Å². The molecule has 0 aromatic heterocycles. The summed E-state index contributed by atoms with van der Waals surface area (Å²) in [6.07, 6.45) is 6.89. The maximum Gasteiger partial charge on any atom is 0.307 e. The SMILES string of the molecule is C=C(/C=C\C(CC)CC)N1CCN(c2ccc(CC(=O)O)cc2)CC1. The summed E-state index contributed by atoms with van der Waals surface area (Å²) in [5.74, 6) is -0.149. The lowest BCUT2D eigenvalue weighted by Crippen LogP contribution is -2.45. The largest absolute Gasteiger partial charge is 0.481 e. The number of hydrogen-bond acceptors (Lipinski definition) is 3. The summed E-state index contributed by atoms with van der Waals surface area (Å²) < 4.78 is 0. The zero-order valence-corrected chi connectivity index (χ0v) is 15.4. The van der Waals surface area contributed by atoms with Gasteiger partial charge < -0.3 is 14.9 Å². The fraction of sp³-hybridized carbons (Fsp3) is 0.476. The quantitative estimate of drug-likeness (QED) is 0.727. The van der Waals surface area contributed by atoms with Crippen LogP contribution in [0.4, 0.5) is 5.69 Å². The highest BCUT2D eigenvalue weighted by atomic mass is 16.4. The predicted octanol–water partition coefficient (Wildman–Crippen LogP) is 3.94. The second-order valence-corrected chi connectivity index (χ2v) is 6.64. The number of carboxylic acid groups (broad SMARTS) is 1. The zero-order valence-electron chi connectivity index (χ0n) is 15.4. The van der Waals surface area contributed by atoms with E-state index < -0.39 is 5.97 Å². The van der Waals surface area contributed by atoms with Crippen molar-refractivity contribution in [2.45, 2.75) is 33.1 Å². The Hall–Kier alpha value is -2.23. The average Bonchev–Trinajstić information content (AvgIpc) is 2.62. The third-order valence-corrected chi connectivity index (χ3v) is 4.95. The van der Waals surface area contributed by atoms with E-state index in [2.05, 4.69) is 42.4 Å². The highest BCUT2D eigenvalue weighted by Crippen LogP contribution is 2.20. The van der Waals surface area contributed by atoms with E-state index in [9.17, 15) is 4.79 Å². The van der Waals surface area contributed by atoms with Crippen LogP contribution in [0.15, 0.2) is 48.7 Å². The van der Waals surface area contributed by atoms with Gasteiger partial charge in [-0.3, -0.25) is 4.79 Å². The molecule has 0 radical (unpaired) electrons. The molecule has 1 aliphatic rings. The highest BCUT2D eigenvalue weighted by molar-refractivity contribution is 5.70. The molecule has 1 N–H and O–H groups in total. The number of nitrogens with zero attached hydrogens (tertiary/aromatic N) is 2. The summed E-state index contributed by atoms with van der Waals surface area (Å²) in [5.41, 5.74) is 3.10. The molecule has 2 rings (SSSR count). The van der Waals surface area contributed by atoms with E-state index in [0.29, 0.717) is 5.92 Å². The van der Waals surface area contributed by atoms with E-state index >= 15 is 0 Å². The Kier molecular flexibility index (Phi) is 7.11. The normalized spacial score (nSPS) is 15.2. The summed E-state index contributed by atoms with van der Waals surface area (Å²) in [5, 5.41) is 8.85. The van der Waals surface area contributed by atoms with Crippen molar-refractivity contribution in [3.05, 3.63) is 54.3 Å². The van der Waals surface area contributed by atoms with Crippen molar-refractivity contribution in [2.24, 2.45) is 5.92 Å². The number of hydrogen-bond donors (Lipinski definition) is 1. The van der Waals surface area contributed by atoms with Crippen LogP contribution in [-0.2, 0) is 11.2 Å². The fourth-order valence-electron chi connectivity index (χ4n) is 3.16. The number of anilines is 1. The minimum absolute atomic E-state index is 0.0801. The van der Waals surface area contributed by atoms with Crippen molar-refractivity contribution in [1.82, 2.24) is 4.90 Å². The molecule has 0 spiro atoms. The van der Waals surface area contributed by atoms with E-state index in [1.165, 1.54) is 12.8 Å². The minimum atomic E-state index is -0.790. The number of aliphatic carboxylic acids is 1. The Morgan fingerprint density at radius 2 is 1.76 bits per heavy atom. The monoisotopic (exact) mass is 342 g/mol. The maximum atomic E-state index is 10.8. The average molecular weight is 342 g/mol. The van der Waals surface area contributed by atoms with Gasteiger partial charge in [-0.1, -0.05) is 38.6 Å². The van der Waals surface area contributed by atoms with E-state index in [-0.39, 0.29) is 6.42 Å². The molecule has 1 aromatic carbocycles. The van der Waals surface area contributed by atoms with Gasteiger partial charge in [-0.25, -0.2) is 0 Å². The zero-order chi connectivity index (χ0) is 18.2. The molecule has 25 heavy (non-hydrogen) atoms. The van der Waals surface area contributed by atoms with Crippen molar-refractivity contribution in [3.63, 3.8) is 0 Å². The Labute approximate surface area is 151 Å². The molecular formula is C21H30N2O2. The lowest BCUT2D eigenvalue weighted by molar-refractivity contribution is -0.136. The summed E-state index contributed by atoms with van der Waals surface area (Å²) in [6.45, 7) is 12.5. The van der Waals surface area contributed by atoms with Crippen LogP contribution in [0.3, 0.4) is 0 Å². The first-order valence-corrected chi connectivity index (χ1v) is 9.21. The molecule has 0 aliphatic carbocycles. The van der Waals surface area contributed by atoms with Crippen molar-refractivity contribution < 1.29 is 9.90 Å². The van der Waals surface area contributed by atoms with Gasteiger partial charge in [-0.05, 0) is 42.5 Å². The molecule has 0 atom stereocenters. The molecule has 0 saturated carbocycles. The Morgan fingerprint density at radius 3 is 2.28 bits per heavy atom. The minimum Gasteiger partial charge on any atom is -0.481 e. The molecule has 0 amide bonds. The maximum absolute atomic E-state index is 10.8. The van der Waals surface area contributed by atoms with Crippen molar-refractivity contribution in [3.8, 4) is 0 Å². The molecule has 4 heteroatoms. The predicted molar refractivity (Wildman–Crippen MR) is 104 cm³/mol. The van der Waals surface area contributed by atoms with Gasteiger partial charge >= 0.3 is 5.97 Å². The smallest absolute Gasteiger partial charge is 0.307 e. The van der Waals surface area contributed by atoms with Crippen LogP contribution in [0.25, 0.3) is 0 Å². The van der Waals surface area contributed by atoms with E-state index in [1.807, 2.05) is 24.3 Å².